The SMILES string of the molecule is C/C=S(/CC/C=S(/O)[OH2+])OCC(C)(C)C[NH+]([O-])C[C@@H](N)Cc1ccccc1. The van der Waals surface area contributed by atoms with E-state index < -0.39 is 11.0 Å². The Kier molecular flexibility index (Phi) is 11.6. The highest BCUT2D eigenvalue weighted by atomic mass is 32.2. The lowest BCUT2D eigenvalue weighted by molar-refractivity contribution is -0.856. The summed E-state index contributed by atoms with van der Waals surface area (Å²) in [7, 11) is -0.329. The predicted molar refractivity (Wildman–Crippen MR) is 121 cm³/mol. The summed E-state index contributed by atoms with van der Waals surface area (Å²) in [5.74, 6) is 0.755. The van der Waals surface area contributed by atoms with Crippen molar-refractivity contribution in [3.05, 3.63) is 41.1 Å². The monoisotopic (exact) mass is 419 g/mol. The van der Waals surface area contributed by atoms with Crippen LogP contribution in [0.3, 0.4) is 0 Å². The molecule has 1 aromatic rings. The van der Waals surface area contributed by atoms with Crippen molar-refractivity contribution in [1.29, 1.82) is 0 Å². The maximum Gasteiger partial charge on any atom is 0.226 e. The number of hydrogen-bond donors (Lipinski definition) is 3. The molecule has 0 aliphatic heterocycles. The number of hydroxylamine groups is 2. The van der Waals surface area contributed by atoms with E-state index in [1.54, 1.807) is 5.37 Å². The van der Waals surface area contributed by atoms with Gasteiger partial charge >= 0.3 is 0 Å². The highest BCUT2D eigenvalue weighted by Crippen LogP contribution is 2.22. The van der Waals surface area contributed by atoms with Crippen LogP contribution < -0.4 is 10.8 Å². The van der Waals surface area contributed by atoms with Crippen LogP contribution in [0.2, 0.25) is 0 Å². The lowest BCUT2D eigenvalue weighted by atomic mass is 9.94. The van der Waals surface area contributed by atoms with E-state index in [9.17, 15) is 5.21 Å². The average molecular weight is 420 g/mol. The molecule has 0 saturated carbocycles. The molecule has 0 spiro atoms. The van der Waals surface area contributed by atoms with Gasteiger partial charge in [-0.05, 0) is 30.7 Å². The highest BCUT2D eigenvalue weighted by Gasteiger charge is 2.24. The van der Waals surface area contributed by atoms with Gasteiger partial charge in [-0.1, -0.05) is 54.9 Å². The summed E-state index contributed by atoms with van der Waals surface area (Å²) < 4.78 is 22.1. The van der Waals surface area contributed by atoms with Crippen molar-refractivity contribution in [3.8, 4) is 0 Å². The summed E-state index contributed by atoms with van der Waals surface area (Å²) in [5.41, 5.74) is 7.05. The second-order valence-electron chi connectivity index (χ2n) is 7.39. The standard InChI is InChI=1S/C19H34N2O4S2/c1-4-26(11-8-12-27(23)24)25-16-19(2,3)15-21(22)14-18(20)13-17-9-6-5-7-10-17/h4-7,9-10,12,18,21,23-24H,8,11,13-16,20H2,1-3H3/p+1/t18-,26?/m0/s1. The highest BCUT2D eigenvalue weighted by molar-refractivity contribution is 8.10. The van der Waals surface area contributed by atoms with Crippen molar-refractivity contribution in [2.24, 2.45) is 11.1 Å². The van der Waals surface area contributed by atoms with Gasteiger partial charge in [0.25, 0.3) is 0 Å². The van der Waals surface area contributed by atoms with Crippen LogP contribution in [0, 0.1) is 10.6 Å². The van der Waals surface area contributed by atoms with Crippen LogP contribution in [0.1, 0.15) is 32.8 Å². The van der Waals surface area contributed by atoms with Crippen molar-refractivity contribution in [3.63, 3.8) is 0 Å². The molecule has 0 amide bonds. The van der Waals surface area contributed by atoms with Gasteiger partial charge in [-0.2, -0.15) is 0 Å². The molecule has 156 valence electrons. The number of nitrogens with two attached hydrogens (primary N) is 1. The first-order valence-electron chi connectivity index (χ1n) is 9.12. The molecule has 0 heterocycles. The Morgan fingerprint density at radius 1 is 1.37 bits per heavy atom. The van der Waals surface area contributed by atoms with Crippen LogP contribution >= 0.6 is 21.8 Å². The summed E-state index contributed by atoms with van der Waals surface area (Å²) in [6.45, 7) is 7.32. The lowest BCUT2D eigenvalue weighted by Gasteiger charge is -2.33. The van der Waals surface area contributed by atoms with Gasteiger partial charge in [-0.25, -0.2) is 0 Å². The molecular formula is C19H35N2O4S2+. The summed E-state index contributed by atoms with van der Waals surface area (Å²) in [6, 6.07) is 9.83. The van der Waals surface area contributed by atoms with Gasteiger partial charge in [0.2, 0.25) is 11.0 Å². The molecule has 4 atom stereocenters. The third-order valence-electron chi connectivity index (χ3n) is 3.96. The zero-order valence-electron chi connectivity index (χ0n) is 16.5. The van der Waals surface area contributed by atoms with E-state index in [4.69, 9.17) is 19.0 Å². The second kappa shape index (κ2) is 12.8. The molecule has 0 bridgehead atoms. The molecular weight excluding hydrogens is 384 g/mol. The molecule has 0 saturated heterocycles. The Bertz CT molecular complexity index is 605. The minimum atomic E-state index is -1.38. The zero-order valence-corrected chi connectivity index (χ0v) is 18.2. The van der Waals surface area contributed by atoms with E-state index in [-0.39, 0.29) is 27.3 Å². The molecule has 0 radical (unpaired) electrons. The minimum Gasteiger partial charge on any atom is -0.634 e. The number of nitrogens with one attached hydrogen (secondary N) is 1. The van der Waals surface area contributed by atoms with E-state index in [0.717, 1.165) is 11.3 Å². The van der Waals surface area contributed by atoms with Gasteiger partial charge < -0.3 is 24.7 Å². The number of rotatable bonds is 12. The molecule has 3 unspecified atom stereocenters. The fraction of sp³-hybridized carbons (Fsp3) is 0.579. The van der Waals surface area contributed by atoms with Gasteiger partial charge in [-0.15, -0.1) is 0 Å². The van der Waals surface area contributed by atoms with E-state index in [1.807, 2.05) is 56.5 Å². The third kappa shape index (κ3) is 11.8. The van der Waals surface area contributed by atoms with Crippen LogP contribution in [0.5, 0.6) is 0 Å². The third-order valence-corrected chi connectivity index (χ3v) is 6.10. The Balaban J connectivity index is 2.40. The van der Waals surface area contributed by atoms with Crippen LogP contribution in [0.4, 0.5) is 0 Å². The fourth-order valence-electron chi connectivity index (χ4n) is 2.69. The first-order valence-corrected chi connectivity index (χ1v) is 11.7. The Labute approximate surface area is 168 Å². The summed E-state index contributed by atoms with van der Waals surface area (Å²) >= 11 is -1.38. The van der Waals surface area contributed by atoms with Crippen molar-refractivity contribution >= 4 is 32.5 Å². The minimum absolute atomic E-state index is 0.164. The summed E-state index contributed by atoms with van der Waals surface area (Å²) in [5, 5.41) is 16.2. The van der Waals surface area contributed by atoms with E-state index in [2.05, 4.69) is 0 Å². The molecule has 1 aromatic carbocycles. The van der Waals surface area contributed by atoms with Crippen LogP contribution in [-0.2, 0) is 10.6 Å². The van der Waals surface area contributed by atoms with Gasteiger partial charge in [0.15, 0.2) is 0 Å². The van der Waals surface area contributed by atoms with E-state index in [1.165, 1.54) is 0 Å². The maximum absolute atomic E-state index is 12.4. The first kappa shape index (κ1) is 24.5. The number of benzene rings is 1. The van der Waals surface area contributed by atoms with Gasteiger partial charge in [-0.3, -0.25) is 4.55 Å². The number of quaternary nitrogens is 1. The summed E-state index contributed by atoms with van der Waals surface area (Å²) in [6.07, 6.45) is 1.35. The molecule has 0 aliphatic carbocycles. The van der Waals surface area contributed by atoms with Crippen molar-refractivity contribution < 1.29 is 18.4 Å². The molecule has 0 aliphatic rings. The van der Waals surface area contributed by atoms with E-state index in [0.29, 0.717) is 32.5 Å². The molecule has 0 aromatic heterocycles. The van der Waals surface area contributed by atoms with Gasteiger partial charge in [0.1, 0.15) is 0 Å². The molecule has 6 nitrogen and oxygen atoms in total. The van der Waals surface area contributed by atoms with Crippen LogP contribution in [0.25, 0.3) is 0 Å². The Morgan fingerprint density at radius 3 is 2.63 bits per heavy atom. The van der Waals surface area contributed by atoms with Crippen molar-refractivity contribution in [1.82, 2.24) is 0 Å². The molecule has 6 N–H and O–H groups in total. The second-order valence-corrected chi connectivity index (χ2v) is 10.2. The van der Waals surface area contributed by atoms with E-state index >= 15 is 0 Å². The zero-order chi connectivity index (χ0) is 20.3. The number of hydrogen-bond acceptors (Lipinski definition) is 4. The normalized spacial score (nSPS) is 17.0. The topological polar surface area (TPSA) is 106 Å². The molecule has 0 fully saturated rings. The molecule has 27 heavy (non-hydrogen) atoms. The smallest absolute Gasteiger partial charge is 0.226 e. The van der Waals surface area contributed by atoms with Gasteiger partial charge in [0.05, 0.1) is 25.7 Å². The van der Waals surface area contributed by atoms with Crippen LogP contribution in [0.15, 0.2) is 30.3 Å². The molecule has 8 heteroatoms. The van der Waals surface area contributed by atoms with Crippen LogP contribution in [-0.4, -0.2) is 51.3 Å². The van der Waals surface area contributed by atoms with Gasteiger partial charge in [0, 0.05) is 16.5 Å². The van der Waals surface area contributed by atoms with Crippen molar-refractivity contribution in [2.75, 3.05) is 25.4 Å². The van der Waals surface area contributed by atoms with Crippen molar-refractivity contribution in [2.45, 2.75) is 39.7 Å². The lowest BCUT2D eigenvalue weighted by Crippen LogP contribution is -3.10. The Hall–Kier alpha value is -0.580. The first-order chi connectivity index (χ1) is 12.7. The average Bonchev–Trinajstić information content (AvgIpc) is 2.57. The molecule has 1 rings (SSSR count). The fourth-order valence-corrected chi connectivity index (χ4v) is 4.49. The quantitative estimate of drug-likeness (QED) is 0.272. The largest absolute Gasteiger partial charge is 0.634 e. The Morgan fingerprint density at radius 2 is 2.04 bits per heavy atom. The predicted octanol–water partition coefficient (Wildman–Crippen LogP) is 1.56. The maximum atomic E-state index is 12.4. The summed E-state index contributed by atoms with van der Waals surface area (Å²) in [4.78, 5) is 0.